The Labute approximate surface area is 92.6 Å². The van der Waals surface area contributed by atoms with E-state index in [9.17, 15) is 30.4 Å². The number of halogens is 5. The number of benzene rings is 1. The lowest BCUT2D eigenvalue weighted by Crippen LogP contribution is -2.12. The lowest BCUT2D eigenvalue weighted by molar-refractivity contribution is 0.382. The van der Waals surface area contributed by atoms with Crippen LogP contribution >= 0.6 is 0 Å². The summed E-state index contributed by atoms with van der Waals surface area (Å²) in [6.07, 6.45) is 0. The Morgan fingerprint density at radius 3 is 1.65 bits per heavy atom. The molecule has 0 radical (unpaired) electrons. The summed E-state index contributed by atoms with van der Waals surface area (Å²) in [5.74, 6) is -10.1. The molecule has 0 fully saturated rings. The van der Waals surface area contributed by atoms with E-state index in [1.807, 2.05) is 0 Å². The van der Waals surface area contributed by atoms with Crippen molar-refractivity contribution in [1.82, 2.24) is 0 Å². The van der Waals surface area contributed by atoms with E-state index in [0.29, 0.717) is 0 Å². The van der Waals surface area contributed by atoms with Gasteiger partial charge in [0, 0.05) is 11.1 Å². The topological polar surface area (TPSA) is 54.4 Å². The highest BCUT2D eigenvalue weighted by molar-refractivity contribution is 7.85. The molecular formula is C8H5F5O3S. The van der Waals surface area contributed by atoms with E-state index in [0.717, 1.165) is 0 Å². The maximum Gasteiger partial charge on any atom is 0.269 e. The molecule has 0 heterocycles. The second-order valence-electron chi connectivity index (χ2n) is 3.07. The summed E-state index contributed by atoms with van der Waals surface area (Å²) in [7, 11) is -4.84. The Hall–Kier alpha value is -1.22. The number of alkyl halides is 1. The molecule has 0 aliphatic carbocycles. The van der Waals surface area contributed by atoms with Gasteiger partial charge in [-0.05, 0) is 0 Å². The molecule has 0 amide bonds. The summed E-state index contributed by atoms with van der Waals surface area (Å²) < 4.78 is 93.2. The van der Waals surface area contributed by atoms with Gasteiger partial charge in [-0.2, -0.15) is 8.42 Å². The molecule has 0 aliphatic rings. The van der Waals surface area contributed by atoms with Gasteiger partial charge in [-0.25, -0.2) is 22.0 Å². The smallest absolute Gasteiger partial charge is 0.269 e. The monoisotopic (exact) mass is 276 g/mol. The summed E-state index contributed by atoms with van der Waals surface area (Å²) in [4.78, 5) is 0. The van der Waals surface area contributed by atoms with E-state index >= 15 is 0 Å². The van der Waals surface area contributed by atoms with Gasteiger partial charge in [0.1, 0.15) is 12.4 Å². The van der Waals surface area contributed by atoms with Crippen molar-refractivity contribution in [2.75, 3.05) is 0 Å². The lowest BCUT2D eigenvalue weighted by Gasteiger charge is -2.09. The lowest BCUT2D eigenvalue weighted by atomic mass is 10.1. The molecule has 1 aromatic rings. The number of hydrogen-bond acceptors (Lipinski definition) is 2. The first kappa shape index (κ1) is 13.8. The van der Waals surface area contributed by atoms with Crippen LogP contribution in [0.15, 0.2) is 0 Å². The highest BCUT2D eigenvalue weighted by atomic mass is 32.2. The molecular weight excluding hydrogens is 271 g/mol. The van der Waals surface area contributed by atoms with Gasteiger partial charge in [0.2, 0.25) is 0 Å². The van der Waals surface area contributed by atoms with Crippen LogP contribution in [0.5, 0.6) is 0 Å². The van der Waals surface area contributed by atoms with Crippen LogP contribution in [0.4, 0.5) is 22.0 Å². The van der Waals surface area contributed by atoms with E-state index in [1.54, 1.807) is 0 Å². The van der Waals surface area contributed by atoms with Crippen LogP contribution in [0.25, 0.3) is 0 Å². The van der Waals surface area contributed by atoms with Crippen molar-refractivity contribution in [1.29, 1.82) is 0 Å². The maximum atomic E-state index is 13.1. The van der Waals surface area contributed by atoms with E-state index in [-0.39, 0.29) is 0 Å². The highest BCUT2D eigenvalue weighted by Crippen LogP contribution is 2.26. The fraction of sp³-hybridized carbons (Fsp3) is 0.250. The SMILES string of the molecule is O=S(=O)(O)Cc1c(F)c(F)c(F)c(F)c1CF. The second-order valence-corrected chi connectivity index (χ2v) is 4.53. The number of hydrogen-bond donors (Lipinski definition) is 1. The maximum absolute atomic E-state index is 13.1. The molecule has 0 aliphatic heterocycles. The Kier molecular flexibility index (Phi) is 3.72. The molecule has 9 heteroatoms. The van der Waals surface area contributed by atoms with Crippen LogP contribution in [0.1, 0.15) is 11.1 Å². The standard InChI is InChI=1S/C8H5F5O3S/c9-1-3-4(2-17(14,15)16)6(11)8(13)7(12)5(3)10/h1-2H2,(H,14,15,16). The van der Waals surface area contributed by atoms with Crippen molar-refractivity contribution in [2.45, 2.75) is 12.4 Å². The molecule has 0 spiro atoms. The fourth-order valence-electron chi connectivity index (χ4n) is 1.19. The molecule has 0 atom stereocenters. The average Bonchev–Trinajstić information content (AvgIpc) is 2.22. The molecule has 0 aromatic heterocycles. The molecule has 3 nitrogen and oxygen atoms in total. The van der Waals surface area contributed by atoms with E-state index in [1.165, 1.54) is 0 Å². The first-order valence-corrected chi connectivity index (χ1v) is 5.64. The second kappa shape index (κ2) is 4.57. The van der Waals surface area contributed by atoms with E-state index in [2.05, 4.69) is 0 Å². The van der Waals surface area contributed by atoms with Crippen molar-refractivity contribution in [3.05, 3.63) is 34.4 Å². The van der Waals surface area contributed by atoms with Crippen molar-refractivity contribution in [3.8, 4) is 0 Å². The third-order valence-corrected chi connectivity index (χ3v) is 2.59. The largest absolute Gasteiger partial charge is 0.285 e. The molecule has 1 aromatic carbocycles. The Morgan fingerprint density at radius 2 is 1.29 bits per heavy atom. The minimum absolute atomic E-state index is 1.27. The van der Waals surface area contributed by atoms with Gasteiger partial charge < -0.3 is 0 Å². The normalized spacial score (nSPS) is 11.9. The average molecular weight is 276 g/mol. The highest BCUT2D eigenvalue weighted by Gasteiger charge is 2.27. The first-order chi connectivity index (χ1) is 7.69. The molecule has 0 bridgehead atoms. The molecule has 1 rings (SSSR count). The molecule has 1 N–H and O–H groups in total. The summed E-state index contributed by atoms with van der Waals surface area (Å²) in [5, 5.41) is 0. The van der Waals surface area contributed by atoms with Gasteiger partial charge in [0.15, 0.2) is 23.3 Å². The van der Waals surface area contributed by atoms with Crippen LogP contribution in [-0.4, -0.2) is 13.0 Å². The van der Waals surface area contributed by atoms with Gasteiger partial charge in [-0.1, -0.05) is 0 Å². The quantitative estimate of drug-likeness (QED) is 0.398. The third-order valence-electron chi connectivity index (χ3n) is 1.93. The zero-order valence-corrected chi connectivity index (χ0v) is 8.79. The molecule has 17 heavy (non-hydrogen) atoms. The molecule has 0 saturated carbocycles. The fourth-order valence-corrected chi connectivity index (χ4v) is 1.86. The van der Waals surface area contributed by atoms with Gasteiger partial charge >= 0.3 is 0 Å². The predicted octanol–water partition coefficient (Wildman–Crippen LogP) is 2.10. The molecule has 0 saturated heterocycles. The van der Waals surface area contributed by atoms with Crippen LogP contribution in [0.3, 0.4) is 0 Å². The van der Waals surface area contributed by atoms with Crippen LogP contribution in [0.2, 0.25) is 0 Å². The minimum Gasteiger partial charge on any atom is -0.285 e. The predicted molar refractivity (Wildman–Crippen MR) is 46.3 cm³/mol. The van der Waals surface area contributed by atoms with Crippen molar-refractivity contribution >= 4 is 10.1 Å². The zero-order chi connectivity index (χ0) is 13.4. The van der Waals surface area contributed by atoms with Gasteiger partial charge in [0.25, 0.3) is 10.1 Å². The van der Waals surface area contributed by atoms with Crippen molar-refractivity contribution in [2.24, 2.45) is 0 Å². The first-order valence-electron chi connectivity index (χ1n) is 4.03. The number of rotatable bonds is 3. The zero-order valence-electron chi connectivity index (χ0n) is 7.98. The Balaban J connectivity index is 3.58. The molecule has 0 unspecified atom stereocenters. The van der Waals surface area contributed by atoms with Crippen LogP contribution < -0.4 is 0 Å². The van der Waals surface area contributed by atoms with Crippen molar-refractivity contribution in [3.63, 3.8) is 0 Å². The Bertz CT molecular complexity index is 555. The van der Waals surface area contributed by atoms with Gasteiger partial charge in [-0.3, -0.25) is 4.55 Å². The van der Waals surface area contributed by atoms with E-state index < -0.39 is 56.9 Å². The van der Waals surface area contributed by atoms with Crippen molar-refractivity contribution < 1.29 is 34.9 Å². The minimum atomic E-state index is -4.84. The molecule has 96 valence electrons. The summed E-state index contributed by atoms with van der Waals surface area (Å²) in [6, 6.07) is 0. The van der Waals surface area contributed by atoms with E-state index in [4.69, 9.17) is 4.55 Å². The third kappa shape index (κ3) is 2.72. The summed E-state index contributed by atoms with van der Waals surface area (Å²) in [5.41, 5.74) is -2.55. The van der Waals surface area contributed by atoms with Crippen LogP contribution in [-0.2, 0) is 22.5 Å². The van der Waals surface area contributed by atoms with Gasteiger partial charge in [0.05, 0.1) is 0 Å². The summed E-state index contributed by atoms with van der Waals surface area (Å²) >= 11 is 0. The Morgan fingerprint density at radius 1 is 0.882 bits per heavy atom. The van der Waals surface area contributed by atoms with Crippen LogP contribution in [0, 0.1) is 23.3 Å². The summed E-state index contributed by atoms with van der Waals surface area (Å²) in [6.45, 7) is -1.75. The van der Waals surface area contributed by atoms with Gasteiger partial charge in [-0.15, -0.1) is 0 Å².